The molecular formula is C13H12. The maximum absolute atomic E-state index is 3.25. The van der Waals surface area contributed by atoms with Crippen LogP contribution >= 0.6 is 0 Å². The topological polar surface area (TPSA) is 0 Å². The maximum Gasteiger partial charge on any atom is -0.00992 e. The van der Waals surface area contributed by atoms with Crippen molar-refractivity contribution in [3.8, 4) is 0 Å². The molecular weight excluding hydrogens is 156 g/mol. The van der Waals surface area contributed by atoms with Gasteiger partial charge >= 0.3 is 0 Å². The van der Waals surface area contributed by atoms with E-state index in [2.05, 4.69) is 37.8 Å². The Kier molecular flexibility index (Phi) is 3.77. The molecule has 0 aliphatic heterocycles. The Bertz CT molecular complexity index is 309. The van der Waals surface area contributed by atoms with Crippen LogP contribution in [0.5, 0.6) is 0 Å². The second kappa shape index (κ2) is 5.15. The number of fused-ring (bicyclic) bond motifs is 1. The summed E-state index contributed by atoms with van der Waals surface area (Å²) < 4.78 is 0. The third kappa shape index (κ3) is 2.75. The normalized spacial score (nSPS) is 8.69. The lowest BCUT2D eigenvalue weighted by molar-refractivity contribution is 1.74. The molecule has 13 heavy (non-hydrogen) atoms. The van der Waals surface area contributed by atoms with Crippen molar-refractivity contribution in [1.29, 1.82) is 0 Å². The molecule has 0 saturated heterocycles. The average molecular weight is 168 g/mol. The second-order valence-corrected chi connectivity index (χ2v) is 2.55. The largest absolute Gasteiger partial charge is 0.103 e. The van der Waals surface area contributed by atoms with Crippen LogP contribution in [0.4, 0.5) is 0 Å². The van der Waals surface area contributed by atoms with Crippen LogP contribution in [0.1, 0.15) is 0 Å². The molecule has 0 heteroatoms. The average Bonchev–Trinajstić information content (AvgIpc) is 2.19. The minimum atomic E-state index is 1.19. The molecule has 2 radical (unpaired) electrons. The molecule has 0 saturated carbocycles. The summed E-state index contributed by atoms with van der Waals surface area (Å²) in [6.45, 7) is 6.50. The molecule has 0 nitrogen and oxygen atoms in total. The van der Waals surface area contributed by atoms with Crippen LogP contribution in [0.15, 0.2) is 55.1 Å². The first-order valence-corrected chi connectivity index (χ1v) is 4.14. The molecule has 2 aromatic carbocycles. The lowest BCUT2D eigenvalue weighted by Crippen LogP contribution is -1.67. The Labute approximate surface area is 79.5 Å². The van der Waals surface area contributed by atoms with Gasteiger partial charge in [0.25, 0.3) is 0 Å². The van der Waals surface area contributed by atoms with Crippen molar-refractivity contribution in [2.45, 2.75) is 0 Å². The molecule has 64 valence electrons. The van der Waals surface area contributed by atoms with Gasteiger partial charge in [-0.05, 0) is 23.8 Å². The number of hydrogen-bond acceptors (Lipinski definition) is 0. The standard InChI is InChI=1S/C10H7.C3H5/c1-2-6-10-8-4-3-7-9(10)5-1;1-3-2/h1-7H;3H,1-2H2. The molecule has 0 amide bonds. The first-order valence-electron chi connectivity index (χ1n) is 4.14. The number of rotatable bonds is 0. The molecule has 0 bridgehead atoms. The summed E-state index contributed by atoms with van der Waals surface area (Å²) in [6, 6.07) is 17.4. The van der Waals surface area contributed by atoms with Gasteiger partial charge in [0.05, 0.1) is 0 Å². The van der Waals surface area contributed by atoms with E-state index in [0.717, 1.165) is 0 Å². The fraction of sp³-hybridized carbons (Fsp3) is 0. The van der Waals surface area contributed by atoms with Gasteiger partial charge in [-0.3, -0.25) is 0 Å². The van der Waals surface area contributed by atoms with Gasteiger partial charge < -0.3 is 0 Å². The Balaban J connectivity index is 0.000000251. The maximum atomic E-state index is 3.25. The van der Waals surface area contributed by atoms with E-state index in [0.29, 0.717) is 0 Å². The SMILES string of the molecule is [CH2]C=C.[c]1cccc2ccccc12. The third-order valence-corrected chi connectivity index (χ3v) is 1.57. The zero-order valence-corrected chi connectivity index (χ0v) is 7.53. The van der Waals surface area contributed by atoms with Gasteiger partial charge in [-0.15, -0.1) is 6.58 Å². The first kappa shape index (κ1) is 9.53. The van der Waals surface area contributed by atoms with Crippen LogP contribution in [0, 0.1) is 13.0 Å². The van der Waals surface area contributed by atoms with Gasteiger partial charge in [-0.2, -0.15) is 0 Å². The van der Waals surface area contributed by atoms with Crippen molar-refractivity contribution < 1.29 is 0 Å². The predicted molar refractivity (Wildman–Crippen MR) is 58.3 cm³/mol. The minimum Gasteiger partial charge on any atom is -0.103 e. The van der Waals surface area contributed by atoms with E-state index in [-0.39, 0.29) is 0 Å². The quantitative estimate of drug-likeness (QED) is 0.563. The van der Waals surface area contributed by atoms with E-state index >= 15 is 0 Å². The molecule has 0 atom stereocenters. The van der Waals surface area contributed by atoms with Crippen molar-refractivity contribution in [3.63, 3.8) is 0 Å². The van der Waals surface area contributed by atoms with E-state index in [1.807, 2.05) is 24.3 Å². The Hall–Kier alpha value is -1.56. The van der Waals surface area contributed by atoms with Crippen LogP contribution in [0.3, 0.4) is 0 Å². The summed E-state index contributed by atoms with van der Waals surface area (Å²) in [5.74, 6) is 0. The monoisotopic (exact) mass is 168 g/mol. The lowest BCUT2D eigenvalue weighted by atomic mass is 10.1. The summed E-state index contributed by atoms with van der Waals surface area (Å²) in [7, 11) is 0. The Morgan fingerprint density at radius 1 is 1.08 bits per heavy atom. The summed E-state index contributed by atoms with van der Waals surface area (Å²) in [6.07, 6.45) is 1.50. The van der Waals surface area contributed by atoms with Crippen LogP contribution < -0.4 is 0 Å². The predicted octanol–water partition coefficient (Wildman–Crippen LogP) is 3.65. The van der Waals surface area contributed by atoms with Crippen molar-refractivity contribution in [2.24, 2.45) is 0 Å². The van der Waals surface area contributed by atoms with E-state index < -0.39 is 0 Å². The van der Waals surface area contributed by atoms with Crippen LogP contribution in [-0.2, 0) is 0 Å². The zero-order chi connectivity index (χ0) is 9.52. The van der Waals surface area contributed by atoms with E-state index in [1.54, 1.807) is 0 Å². The molecule has 0 fully saturated rings. The van der Waals surface area contributed by atoms with Gasteiger partial charge in [0, 0.05) is 0 Å². The number of allylic oxidation sites excluding steroid dienone is 1. The van der Waals surface area contributed by atoms with E-state index in [1.165, 1.54) is 16.8 Å². The van der Waals surface area contributed by atoms with Crippen LogP contribution in [0.2, 0.25) is 0 Å². The Morgan fingerprint density at radius 2 is 1.69 bits per heavy atom. The molecule has 0 N–H and O–H groups in total. The van der Waals surface area contributed by atoms with Crippen LogP contribution in [-0.4, -0.2) is 0 Å². The summed E-state index contributed by atoms with van der Waals surface area (Å²) >= 11 is 0. The summed E-state index contributed by atoms with van der Waals surface area (Å²) in [5, 5.41) is 2.44. The molecule has 2 rings (SSSR count). The molecule has 0 heterocycles. The smallest absolute Gasteiger partial charge is 0.00992 e. The zero-order valence-electron chi connectivity index (χ0n) is 7.53. The molecule has 0 aliphatic rings. The highest BCUT2D eigenvalue weighted by Crippen LogP contribution is 2.10. The lowest BCUT2D eigenvalue weighted by Gasteiger charge is -1.91. The van der Waals surface area contributed by atoms with Gasteiger partial charge in [0.1, 0.15) is 0 Å². The van der Waals surface area contributed by atoms with E-state index in [9.17, 15) is 0 Å². The summed E-state index contributed by atoms with van der Waals surface area (Å²) in [5.41, 5.74) is 0. The fourth-order valence-electron chi connectivity index (χ4n) is 1.06. The minimum absolute atomic E-state index is 1.19. The van der Waals surface area contributed by atoms with Crippen molar-refractivity contribution >= 4 is 10.8 Å². The molecule has 0 aliphatic carbocycles. The molecule has 0 unspecified atom stereocenters. The van der Waals surface area contributed by atoms with Crippen molar-refractivity contribution in [1.82, 2.24) is 0 Å². The highest BCUT2D eigenvalue weighted by molar-refractivity contribution is 5.81. The fourth-order valence-corrected chi connectivity index (χ4v) is 1.06. The third-order valence-electron chi connectivity index (χ3n) is 1.57. The van der Waals surface area contributed by atoms with Crippen molar-refractivity contribution in [2.75, 3.05) is 0 Å². The number of hydrogen-bond donors (Lipinski definition) is 0. The molecule has 0 spiro atoms. The highest BCUT2D eigenvalue weighted by atomic mass is 13.9. The van der Waals surface area contributed by atoms with Crippen LogP contribution in [0.25, 0.3) is 10.8 Å². The first-order chi connectivity index (χ1) is 6.38. The van der Waals surface area contributed by atoms with Crippen molar-refractivity contribution in [3.05, 3.63) is 68.1 Å². The number of benzene rings is 2. The van der Waals surface area contributed by atoms with Gasteiger partial charge in [0.15, 0.2) is 0 Å². The Morgan fingerprint density at radius 3 is 2.38 bits per heavy atom. The van der Waals surface area contributed by atoms with Gasteiger partial charge in [0.2, 0.25) is 0 Å². The van der Waals surface area contributed by atoms with Gasteiger partial charge in [-0.25, -0.2) is 0 Å². The summed E-state index contributed by atoms with van der Waals surface area (Å²) in [4.78, 5) is 0. The van der Waals surface area contributed by atoms with Gasteiger partial charge in [-0.1, -0.05) is 48.5 Å². The highest BCUT2D eigenvalue weighted by Gasteiger charge is 1.85. The molecule has 0 aromatic heterocycles. The van der Waals surface area contributed by atoms with E-state index in [4.69, 9.17) is 0 Å². The molecule has 2 aromatic rings. The second-order valence-electron chi connectivity index (χ2n) is 2.55.